The van der Waals surface area contributed by atoms with Crippen LogP contribution in [0, 0.1) is 0 Å². The molecule has 2 aromatic carbocycles. The third-order valence-corrected chi connectivity index (χ3v) is 8.77. The Hall–Kier alpha value is -4.83. The molecule has 15 heteroatoms. The molecule has 0 saturated carbocycles. The van der Waals surface area contributed by atoms with Crippen molar-refractivity contribution in [1.82, 2.24) is 29.7 Å². The number of carbonyl (C=O) groups excluding carboxylic acids is 2. The monoisotopic (exact) mass is 732 g/mol. The van der Waals surface area contributed by atoms with Crippen molar-refractivity contribution in [2.24, 2.45) is 5.73 Å². The Morgan fingerprint density at radius 1 is 0.808 bits per heavy atom. The minimum Gasteiger partial charge on any atom is -0.462 e. The SMILES string of the molecule is CCOC(=O)c1cnc(NC2CCN(Cc3ccccc3)C2)[nH]c1=O.CCOC(=O)c1cnc(SC)[nH]c1=O.NC1CCN(Cc2ccccc2)C1. The molecule has 278 valence electrons. The number of hydrogen-bond donors (Lipinski definition) is 4. The van der Waals surface area contributed by atoms with E-state index in [1.54, 1.807) is 20.1 Å². The van der Waals surface area contributed by atoms with Crippen LogP contribution >= 0.6 is 11.8 Å². The largest absolute Gasteiger partial charge is 0.462 e. The molecule has 0 aliphatic carbocycles. The van der Waals surface area contributed by atoms with Crippen molar-refractivity contribution in [3.8, 4) is 0 Å². The number of nitrogens with zero attached hydrogens (tertiary/aromatic N) is 4. The van der Waals surface area contributed by atoms with Gasteiger partial charge in [0.2, 0.25) is 5.95 Å². The van der Waals surface area contributed by atoms with Crippen molar-refractivity contribution in [2.45, 2.75) is 57.0 Å². The maximum atomic E-state index is 12.0. The second-order valence-electron chi connectivity index (χ2n) is 12.2. The van der Waals surface area contributed by atoms with Crippen molar-refractivity contribution >= 4 is 29.6 Å². The zero-order valence-electron chi connectivity index (χ0n) is 29.9. The van der Waals surface area contributed by atoms with Crippen LogP contribution in [0.5, 0.6) is 0 Å². The van der Waals surface area contributed by atoms with E-state index in [9.17, 15) is 19.2 Å². The van der Waals surface area contributed by atoms with Crippen LogP contribution in [0.4, 0.5) is 5.95 Å². The summed E-state index contributed by atoms with van der Waals surface area (Å²) in [6, 6.07) is 21.5. The van der Waals surface area contributed by atoms with Crippen molar-refractivity contribution in [3.63, 3.8) is 0 Å². The van der Waals surface area contributed by atoms with Gasteiger partial charge in [-0.2, -0.15) is 0 Å². The number of nitrogens with one attached hydrogen (secondary N) is 3. The summed E-state index contributed by atoms with van der Waals surface area (Å²) in [5.41, 5.74) is 7.40. The highest BCUT2D eigenvalue weighted by Crippen LogP contribution is 2.16. The quantitative estimate of drug-likeness (QED) is 0.0997. The Labute approximate surface area is 307 Å². The number of aromatic amines is 2. The number of H-pyrrole nitrogens is 2. The van der Waals surface area contributed by atoms with Gasteiger partial charge in [-0.15, -0.1) is 0 Å². The Morgan fingerprint density at radius 2 is 1.33 bits per heavy atom. The minimum atomic E-state index is -0.655. The van der Waals surface area contributed by atoms with Gasteiger partial charge >= 0.3 is 11.9 Å². The van der Waals surface area contributed by atoms with E-state index in [4.69, 9.17) is 10.5 Å². The number of carbonyl (C=O) groups is 2. The van der Waals surface area contributed by atoms with E-state index in [-0.39, 0.29) is 30.4 Å². The van der Waals surface area contributed by atoms with Gasteiger partial charge in [-0.1, -0.05) is 72.4 Å². The van der Waals surface area contributed by atoms with Crippen LogP contribution in [0.1, 0.15) is 58.5 Å². The number of thioether (sulfide) groups is 1. The number of likely N-dealkylation sites (tertiary alicyclic amines) is 2. The van der Waals surface area contributed by atoms with Crippen LogP contribution in [-0.2, 0) is 22.6 Å². The molecule has 14 nitrogen and oxygen atoms in total. The maximum absolute atomic E-state index is 12.0. The summed E-state index contributed by atoms with van der Waals surface area (Å²) in [7, 11) is 0. The molecule has 2 fully saturated rings. The molecule has 2 atom stereocenters. The molecule has 6 rings (SSSR count). The lowest BCUT2D eigenvalue weighted by Crippen LogP contribution is -2.28. The van der Waals surface area contributed by atoms with E-state index < -0.39 is 23.1 Å². The third-order valence-electron chi connectivity index (χ3n) is 8.18. The number of hydrogen-bond acceptors (Lipinski definition) is 13. The van der Waals surface area contributed by atoms with Crippen LogP contribution in [0.15, 0.2) is 87.8 Å². The van der Waals surface area contributed by atoms with Gasteiger partial charge < -0.3 is 25.5 Å². The number of esters is 2. The van der Waals surface area contributed by atoms with Gasteiger partial charge in [0.1, 0.15) is 11.1 Å². The Kier molecular flexibility index (Phi) is 16.0. The summed E-state index contributed by atoms with van der Waals surface area (Å²) in [5.74, 6) is -0.920. The number of ether oxygens (including phenoxy) is 2. The molecule has 2 aromatic heterocycles. The predicted molar refractivity (Wildman–Crippen MR) is 201 cm³/mol. The number of nitrogens with two attached hydrogens (primary N) is 1. The Bertz CT molecular complexity index is 1820. The molecule has 0 radical (unpaired) electrons. The standard InChI is InChI=1S/C18H22N4O3.C11H16N2.C8H10N2O3S/c1-2-25-17(24)15-10-19-18(21-16(15)23)20-14-8-9-22(12-14)11-13-6-4-3-5-7-13;12-11-6-7-13(9-11)8-10-4-2-1-3-5-10;1-3-13-7(12)5-4-9-8(14-2)10-6(5)11/h3-7,10,14H,2,8-9,11-12H2,1H3,(H2,19,20,21,23);1-5,11H,6-9,12H2;4H,3H2,1-2H3,(H,9,10,11). The second kappa shape index (κ2) is 20.9. The van der Waals surface area contributed by atoms with E-state index in [0.29, 0.717) is 17.1 Å². The lowest BCUT2D eigenvalue weighted by Gasteiger charge is -2.17. The highest BCUT2D eigenvalue weighted by molar-refractivity contribution is 7.98. The van der Waals surface area contributed by atoms with Crippen molar-refractivity contribution in [2.75, 3.05) is 51.0 Å². The van der Waals surface area contributed by atoms with Crippen LogP contribution in [0.2, 0.25) is 0 Å². The third kappa shape index (κ3) is 12.7. The number of anilines is 1. The first kappa shape index (κ1) is 39.9. The molecule has 2 aliphatic heterocycles. The first-order valence-corrected chi connectivity index (χ1v) is 18.5. The second-order valence-corrected chi connectivity index (χ2v) is 13.0. The van der Waals surface area contributed by atoms with Gasteiger partial charge in [0.15, 0.2) is 5.16 Å². The van der Waals surface area contributed by atoms with E-state index in [1.165, 1.54) is 35.3 Å². The van der Waals surface area contributed by atoms with Crippen LogP contribution in [0.3, 0.4) is 0 Å². The smallest absolute Gasteiger partial charge is 0.345 e. The van der Waals surface area contributed by atoms with Gasteiger partial charge in [0, 0.05) is 57.5 Å². The molecule has 0 spiro atoms. The summed E-state index contributed by atoms with van der Waals surface area (Å²) in [6.45, 7) is 9.84. The highest BCUT2D eigenvalue weighted by atomic mass is 32.2. The fraction of sp³-hybridized carbons (Fsp3) is 0.405. The van der Waals surface area contributed by atoms with Crippen molar-refractivity contribution < 1.29 is 19.1 Å². The lowest BCUT2D eigenvalue weighted by molar-refractivity contribution is 0.0514. The topological polar surface area (TPSA) is 189 Å². The molecule has 0 bridgehead atoms. The van der Waals surface area contributed by atoms with E-state index >= 15 is 0 Å². The molecule has 4 heterocycles. The molecule has 2 unspecified atom stereocenters. The van der Waals surface area contributed by atoms with Gasteiger partial charge in [0.25, 0.3) is 11.1 Å². The zero-order valence-corrected chi connectivity index (χ0v) is 30.7. The summed E-state index contributed by atoms with van der Waals surface area (Å²) >= 11 is 1.30. The number of benzene rings is 2. The van der Waals surface area contributed by atoms with Gasteiger partial charge in [-0.3, -0.25) is 24.4 Å². The predicted octanol–water partition coefficient (Wildman–Crippen LogP) is 3.52. The lowest BCUT2D eigenvalue weighted by atomic mass is 10.2. The molecule has 0 amide bonds. The van der Waals surface area contributed by atoms with E-state index in [0.717, 1.165) is 52.1 Å². The van der Waals surface area contributed by atoms with Crippen LogP contribution < -0.4 is 22.2 Å². The summed E-state index contributed by atoms with van der Waals surface area (Å²) in [4.78, 5) is 63.9. The Balaban J connectivity index is 0.000000190. The molecular weight excluding hydrogens is 685 g/mol. The average Bonchev–Trinajstić information content (AvgIpc) is 3.77. The highest BCUT2D eigenvalue weighted by Gasteiger charge is 2.23. The van der Waals surface area contributed by atoms with Gasteiger partial charge in [-0.25, -0.2) is 19.6 Å². The van der Waals surface area contributed by atoms with Crippen molar-refractivity contribution in [1.29, 1.82) is 0 Å². The summed E-state index contributed by atoms with van der Waals surface area (Å²) < 4.78 is 9.50. The summed E-state index contributed by atoms with van der Waals surface area (Å²) in [5, 5.41) is 3.71. The maximum Gasteiger partial charge on any atom is 0.345 e. The first-order chi connectivity index (χ1) is 25.2. The fourth-order valence-corrected chi connectivity index (χ4v) is 5.99. The molecule has 5 N–H and O–H groups in total. The minimum absolute atomic E-state index is 0.0651. The fourth-order valence-electron chi connectivity index (χ4n) is 5.64. The normalized spacial score (nSPS) is 16.9. The summed E-state index contributed by atoms with van der Waals surface area (Å²) in [6.07, 6.45) is 6.38. The van der Waals surface area contributed by atoms with Crippen LogP contribution in [-0.4, -0.2) is 99.4 Å². The van der Waals surface area contributed by atoms with Crippen LogP contribution in [0.25, 0.3) is 0 Å². The van der Waals surface area contributed by atoms with Gasteiger partial charge in [0.05, 0.1) is 19.4 Å². The Morgan fingerprint density at radius 3 is 1.81 bits per heavy atom. The van der Waals surface area contributed by atoms with Gasteiger partial charge in [-0.05, 0) is 44.1 Å². The number of rotatable bonds is 11. The van der Waals surface area contributed by atoms with E-state index in [1.807, 2.05) is 18.2 Å². The molecule has 4 aromatic rings. The van der Waals surface area contributed by atoms with Crippen molar-refractivity contribution in [3.05, 3.63) is 116 Å². The average molecular weight is 733 g/mol. The molecule has 2 aliphatic rings. The number of aromatic nitrogens is 4. The van der Waals surface area contributed by atoms with E-state index in [2.05, 4.69) is 82.3 Å². The first-order valence-electron chi connectivity index (χ1n) is 17.3. The zero-order chi connectivity index (χ0) is 37.3. The molecular formula is C37H48N8O6S. The molecule has 52 heavy (non-hydrogen) atoms. The molecule has 2 saturated heterocycles.